The van der Waals surface area contributed by atoms with E-state index in [1.165, 1.54) is 16.8 Å². The van der Waals surface area contributed by atoms with E-state index in [1.807, 2.05) is 10.7 Å². The van der Waals surface area contributed by atoms with Gasteiger partial charge in [-0.25, -0.2) is 0 Å². The van der Waals surface area contributed by atoms with Crippen molar-refractivity contribution in [1.82, 2.24) is 14.7 Å². The Labute approximate surface area is 141 Å². The first kappa shape index (κ1) is 15.5. The molecule has 0 spiro atoms. The molecular weight excluding hydrogens is 306 g/mol. The number of methoxy groups -OCH3 is 1. The van der Waals surface area contributed by atoms with Crippen molar-refractivity contribution in [2.45, 2.75) is 32.5 Å². The summed E-state index contributed by atoms with van der Waals surface area (Å²) in [6.45, 7) is 6.77. The van der Waals surface area contributed by atoms with Gasteiger partial charge in [-0.2, -0.15) is 5.10 Å². The van der Waals surface area contributed by atoms with Gasteiger partial charge in [-0.1, -0.05) is 6.07 Å². The summed E-state index contributed by atoms with van der Waals surface area (Å²) >= 11 is 0. The molecule has 0 amide bonds. The largest absolute Gasteiger partial charge is 0.454 e. The standard InChI is InChI=1S/C18H23N3O3/c1-3-21-9-15-14(11-22-2)8-20(10-16(15)19-21)7-13-4-5-17-18(6-13)24-12-23-17/h4-6,9,14H,3,7-8,10-12H2,1-2H3/t14-/m1/s1. The number of fused-ring (bicyclic) bond motifs is 2. The highest BCUT2D eigenvalue weighted by molar-refractivity contribution is 5.44. The van der Waals surface area contributed by atoms with E-state index in [1.54, 1.807) is 7.11 Å². The lowest BCUT2D eigenvalue weighted by Crippen LogP contribution is -2.34. The second kappa shape index (κ2) is 6.45. The molecule has 0 N–H and O–H groups in total. The summed E-state index contributed by atoms with van der Waals surface area (Å²) in [5, 5.41) is 4.73. The predicted octanol–water partition coefficient (Wildman–Crippen LogP) is 2.38. The molecule has 1 atom stereocenters. The fraction of sp³-hybridized carbons (Fsp3) is 0.500. The smallest absolute Gasteiger partial charge is 0.231 e. The highest BCUT2D eigenvalue weighted by atomic mass is 16.7. The minimum Gasteiger partial charge on any atom is -0.454 e. The Balaban J connectivity index is 1.53. The van der Waals surface area contributed by atoms with Gasteiger partial charge in [0.15, 0.2) is 11.5 Å². The molecule has 6 nitrogen and oxygen atoms in total. The van der Waals surface area contributed by atoms with Crippen molar-refractivity contribution < 1.29 is 14.2 Å². The van der Waals surface area contributed by atoms with Crippen LogP contribution in [0.2, 0.25) is 0 Å². The van der Waals surface area contributed by atoms with Crippen LogP contribution in [0.15, 0.2) is 24.4 Å². The molecule has 24 heavy (non-hydrogen) atoms. The molecule has 4 rings (SSSR count). The van der Waals surface area contributed by atoms with E-state index in [4.69, 9.17) is 19.3 Å². The quantitative estimate of drug-likeness (QED) is 0.843. The Morgan fingerprint density at radius 2 is 2.17 bits per heavy atom. The third-order valence-electron chi connectivity index (χ3n) is 4.70. The van der Waals surface area contributed by atoms with Crippen molar-refractivity contribution in [2.75, 3.05) is 27.1 Å². The molecule has 0 fully saturated rings. The van der Waals surface area contributed by atoms with Gasteiger partial charge in [-0.05, 0) is 24.6 Å². The highest BCUT2D eigenvalue weighted by Crippen LogP contribution is 2.34. The third kappa shape index (κ3) is 2.87. The highest BCUT2D eigenvalue weighted by Gasteiger charge is 2.28. The molecule has 0 aliphatic carbocycles. The van der Waals surface area contributed by atoms with Crippen molar-refractivity contribution in [3.05, 3.63) is 41.2 Å². The molecule has 0 bridgehead atoms. The van der Waals surface area contributed by atoms with Crippen LogP contribution in [0.3, 0.4) is 0 Å². The third-order valence-corrected chi connectivity index (χ3v) is 4.70. The lowest BCUT2D eigenvalue weighted by molar-refractivity contribution is 0.135. The second-order valence-electron chi connectivity index (χ2n) is 6.40. The average Bonchev–Trinajstić information content (AvgIpc) is 3.20. The van der Waals surface area contributed by atoms with Gasteiger partial charge in [-0.3, -0.25) is 9.58 Å². The monoisotopic (exact) mass is 329 g/mol. The van der Waals surface area contributed by atoms with Crippen molar-refractivity contribution >= 4 is 0 Å². The van der Waals surface area contributed by atoms with Crippen LogP contribution < -0.4 is 9.47 Å². The van der Waals surface area contributed by atoms with Crippen LogP contribution in [-0.4, -0.2) is 41.7 Å². The second-order valence-corrected chi connectivity index (χ2v) is 6.40. The summed E-state index contributed by atoms with van der Waals surface area (Å²) in [4.78, 5) is 2.43. The van der Waals surface area contributed by atoms with E-state index in [9.17, 15) is 0 Å². The number of nitrogens with zero attached hydrogens (tertiary/aromatic N) is 3. The number of aromatic nitrogens is 2. The fourth-order valence-electron chi connectivity index (χ4n) is 3.55. The van der Waals surface area contributed by atoms with Crippen molar-refractivity contribution in [3.8, 4) is 11.5 Å². The van der Waals surface area contributed by atoms with Crippen molar-refractivity contribution in [2.24, 2.45) is 0 Å². The number of benzene rings is 1. The molecule has 2 aliphatic heterocycles. The van der Waals surface area contributed by atoms with Gasteiger partial charge in [-0.15, -0.1) is 0 Å². The Morgan fingerprint density at radius 3 is 3.00 bits per heavy atom. The molecular formula is C18H23N3O3. The zero-order chi connectivity index (χ0) is 16.5. The molecule has 0 unspecified atom stereocenters. The first-order chi connectivity index (χ1) is 11.8. The number of hydrogen-bond acceptors (Lipinski definition) is 5. The minimum atomic E-state index is 0.316. The summed E-state index contributed by atoms with van der Waals surface area (Å²) in [6, 6.07) is 6.18. The van der Waals surface area contributed by atoms with Gasteiger partial charge in [0.2, 0.25) is 6.79 Å². The van der Waals surface area contributed by atoms with Crippen molar-refractivity contribution in [1.29, 1.82) is 0 Å². The zero-order valence-corrected chi connectivity index (χ0v) is 14.2. The van der Waals surface area contributed by atoms with Crippen LogP contribution in [0.4, 0.5) is 0 Å². The lowest BCUT2D eigenvalue weighted by Gasteiger charge is -2.31. The SMILES string of the molecule is CCn1cc2c(n1)CN(Cc1ccc3c(c1)OCO3)C[C@@H]2COC. The van der Waals surface area contributed by atoms with Gasteiger partial charge in [0.25, 0.3) is 0 Å². The molecule has 3 heterocycles. The summed E-state index contributed by atoms with van der Waals surface area (Å²) in [7, 11) is 1.76. The molecule has 2 aliphatic rings. The van der Waals surface area contributed by atoms with Crippen molar-refractivity contribution in [3.63, 3.8) is 0 Å². The van der Waals surface area contributed by atoms with E-state index in [0.29, 0.717) is 12.7 Å². The van der Waals surface area contributed by atoms with Gasteiger partial charge in [0.05, 0.1) is 12.3 Å². The zero-order valence-electron chi connectivity index (χ0n) is 14.2. The Morgan fingerprint density at radius 1 is 1.29 bits per heavy atom. The molecule has 6 heteroatoms. The van der Waals surface area contributed by atoms with Crippen LogP contribution in [0, 0.1) is 0 Å². The topological polar surface area (TPSA) is 48.8 Å². The molecule has 1 aromatic carbocycles. The van der Waals surface area contributed by atoms with Crippen LogP contribution in [0.5, 0.6) is 11.5 Å². The van der Waals surface area contributed by atoms with Crippen LogP contribution in [0.25, 0.3) is 0 Å². The number of hydrogen-bond donors (Lipinski definition) is 0. The lowest BCUT2D eigenvalue weighted by atomic mass is 9.95. The maximum atomic E-state index is 5.49. The molecule has 0 radical (unpaired) electrons. The number of rotatable bonds is 5. The number of aryl methyl sites for hydroxylation is 1. The van der Waals surface area contributed by atoms with E-state index in [2.05, 4.69) is 30.2 Å². The van der Waals surface area contributed by atoms with Gasteiger partial charge in [0, 0.05) is 51.0 Å². The Hall–Kier alpha value is -2.05. The maximum Gasteiger partial charge on any atom is 0.231 e. The van der Waals surface area contributed by atoms with Crippen LogP contribution in [0.1, 0.15) is 29.7 Å². The molecule has 1 aromatic heterocycles. The summed E-state index contributed by atoms with van der Waals surface area (Å²) < 4.78 is 18.3. The summed E-state index contributed by atoms with van der Waals surface area (Å²) in [5.74, 6) is 2.04. The first-order valence-corrected chi connectivity index (χ1v) is 8.43. The Bertz CT molecular complexity index is 728. The maximum absolute atomic E-state index is 5.49. The van der Waals surface area contributed by atoms with Gasteiger partial charge in [0.1, 0.15) is 0 Å². The minimum absolute atomic E-state index is 0.316. The van der Waals surface area contributed by atoms with E-state index < -0.39 is 0 Å². The molecule has 2 aromatic rings. The Kier molecular flexibility index (Phi) is 4.16. The van der Waals surface area contributed by atoms with Crippen LogP contribution in [-0.2, 0) is 24.4 Å². The van der Waals surface area contributed by atoms with Crippen LogP contribution >= 0.6 is 0 Å². The van der Waals surface area contributed by atoms with E-state index >= 15 is 0 Å². The summed E-state index contributed by atoms with van der Waals surface area (Å²) in [5.41, 5.74) is 3.74. The fourth-order valence-corrected chi connectivity index (χ4v) is 3.55. The molecule has 0 saturated heterocycles. The normalized spacial score (nSPS) is 19.5. The summed E-state index contributed by atoms with van der Waals surface area (Å²) in [6.07, 6.45) is 2.18. The van der Waals surface area contributed by atoms with Gasteiger partial charge < -0.3 is 14.2 Å². The van der Waals surface area contributed by atoms with E-state index in [-0.39, 0.29) is 0 Å². The number of ether oxygens (including phenoxy) is 3. The molecule has 0 saturated carbocycles. The average molecular weight is 329 g/mol. The van der Waals surface area contributed by atoms with E-state index in [0.717, 1.165) is 44.3 Å². The molecule has 128 valence electrons. The van der Waals surface area contributed by atoms with Gasteiger partial charge >= 0.3 is 0 Å². The predicted molar refractivity (Wildman–Crippen MR) is 89.2 cm³/mol. The first-order valence-electron chi connectivity index (χ1n) is 8.43.